The van der Waals surface area contributed by atoms with E-state index in [9.17, 15) is 0 Å². The second-order valence-corrected chi connectivity index (χ2v) is 6.74. The van der Waals surface area contributed by atoms with Crippen molar-refractivity contribution in [3.8, 4) is 0 Å². The van der Waals surface area contributed by atoms with Crippen LogP contribution >= 0.6 is 45.5 Å². The molecule has 2 aromatic carbocycles. The Bertz CT molecular complexity index is 723. The molecule has 0 aliphatic carbocycles. The first kappa shape index (κ1) is 13.2. The first-order chi connectivity index (χ1) is 9.24. The highest BCUT2D eigenvalue weighted by Crippen LogP contribution is 2.27. The number of anilines is 1. The number of thiophene rings is 1. The normalized spacial score (nSPS) is 10.8. The van der Waals surface area contributed by atoms with E-state index in [0.29, 0.717) is 0 Å². The molecule has 1 nitrogen and oxygen atoms in total. The van der Waals surface area contributed by atoms with Gasteiger partial charge < -0.3 is 5.32 Å². The number of halogens is 2. The average Bonchev–Trinajstić information content (AvgIpc) is 2.81. The van der Waals surface area contributed by atoms with Gasteiger partial charge in [0.25, 0.3) is 0 Å². The molecule has 1 heterocycles. The Kier molecular flexibility index (Phi) is 3.96. The van der Waals surface area contributed by atoms with Gasteiger partial charge in [-0.05, 0) is 63.2 Å². The monoisotopic (exact) mass is 399 g/mol. The summed E-state index contributed by atoms with van der Waals surface area (Å²) in [5, 5.41) is 7.81. The van der Waals surface area contributed by atoms with E-state index in [0.717, 1.165) is 20.8 Å². The molecular formula is C15H11ClINS. The first-order valence-corrected chi connectivity index (χ1v) is 8.22. The lowest BCUT2D eigenvalue weighted by molar-refractivity contribution is 1.17. The van der Waals surface area contributed by atoms with Crippen molar-refractivity contribution in [3.63, 3.8) is 0 Å². The maximum absolute atomic E-state index is 5.96. The van der Waals surface area contributed by atoms with Gasteiger partial charge in [0.15, 0.2) is 0 Å². The molecule has 0 atom stereocenters. The van der Waals surface area contributed by atoms with Crippen LogP contribution in [0.1, 0.15) is 5.56 Å². The predicted octanol–water partition coefficient (Wildman–Crippen LogP) is 5.77. The molecule has 0 saturated carbocycles. The van der Waals surface area contributed by atoms with Crippen LogP contribution in [0.5, 0.6) is 0 Å². The number of hydrogen-bond donors (Lipinski definition) is 1. The molecule has 0 fully saturated rings. The highest BCUT2D eigenvalue weighted by molar-refractivity contribution is 14.1. The van der Waals surface area contributed by atoms with Crippen LogP contribution in [0.15, 0.2) is 47.8 Å². The average molecular weight is 400 g/mol. The Morgan fingerprint density at radius 3 is 2.84 bits per heavy atom. The van der Waals surface area contributed by atoms with Crippen molar-refractivity contribution >= 4 is 61.3 Å². The van der Waals surface area contributed by atoms with E-state index in [1.807, 2.05) is 18.2 Å². The van der Waals surface area contributed by atoms with Gasteiger partial charge in [-0.2, -0.15) is 0 Å². The van der Waals surface area contributed by atoms with Crippen LogP contribution in [0.2, 0.25) is 5.02 Å². The van der Waals surface area contributed by atoms with Gasteiger partial charge in [0.2, 0.25) is 0 Å². The summed E-state index contributed by atoms with van der Waals surface area (Å²) in [5.41, 5.74) is 2.46. The lowest BCUT2D eigenvalue weighted by Crippen LogP contribution is -2.00. The van der Waals surface area contributed by atoms with E-state index in [1.54, 1.807) is 11.3 Å². The first-order valence-electron chi connectivity index (χ1n) is 5.88. The summed E-state index contributed by atoms with van der Waals surface area (Å²) in [5.74, 6) is 0. The van der Waals surface area contributed by atoms with Crippen molar-refractivity contribution in [2.75, 3.05) is 5.32 Å². The third-order valence-corrected chi connectivity index (χ3v) is 5.10. The molecule has 0 bridgehead atoms. The lowest BCUT2D eigenvalue weighted by atomic mass is 10.2. The summed E-state index contributed by atoms with van der Waals surface area (Å²) in [6, 6.07) is 14.4. The van der Waals surface area contributed by atoms with Gasteiger partial charge in [-0.1, -0.05) is 29.8 Å². The minimum absolute atomic E-state index is 0.774. The summed E-state index contributed by atoms with van der Waals surface area (Å²) >= 11 is 10.1. The summed E-state index contributed by atoms with van der Waals surface area (Å²) in [6.45, 7) is 0.835. The van der Waals surface area contributed by atoms with Crippen LogP contribution < -0.4 is 5.32 Å². The Balaban J connectivity index is 1.82. The quantitative estimate of drug-likeness (QED) is 0.551. The molecule has 4 heteroatoms. The molecule has 0 radical (unpaired) electrons. The van der Waals surface area contributed by atoms with E-state index in [4.69, 9.17) is 11.6 Å². The number of hydrogen-bond acceptors (Lipinski definition) is 2. The molecule has 0 spiro atoms. The van der Waals surface area contributed by atoms with Crippen LogP contribution in [0.4, 0.5) is 5.69 Å². The number of fused-ring (bicyclic) bond motifs is 1. The van der Waals surface area contributed by atoms with Crippen molar-refractivity contribution in [1.29, 1.82) is 0 Å². The molecular weight excluding hydrogens is 389 g/mol. The van der Waals surface area contributed by atoms with Gasteiger partial charge >= 0.3 is 0 Å². The Labute approximate surface area is 134 Å². The molecule has 0 unspecified atom stereocenters. The summed E-state index contributed by atoms with van der Waals surface area (Å²) in [4.78, 5) is 0. The maximum Gasteiger partial charge on any atom is 0.0479 e. The zero-order chi connectivity index (χ0) is 13.2. The molecule has 0 amide bonds. The second-order valence-electron chi connectivity index (χ2n) is 4.23. The lowest BCUT2D eigenvalue weighted by Gasteiger charge is -2.08. The fourth-order valence-electron chi connectivity index (χ4n) is 1.99. The molecule has 1 aromatic heterocycles. The van der Waals surface area contributed by atoms with Crippen molar-refractivity contribution in [2.24, 2.45) is 0 Å². The standard InChI is InChI=1S/C15H11ClINS/c16-11-5-6-14(13(17)7-11)18-8-10-9-19-15-4-2-1-3-12(10)15/h1-7,9,18H,8H2. The number of rotatable bonds is 3. The largest absolute Gasteiger partial charge is 0.380 e. The molecule has 19 heavy (non-hydrogen) atoms. The molecule has 0 aliphatic heterocycles. The third kappa shape index (κ3) is 2.88. The van der Waals surface area contributed by atoms with Gasteiger partial charge in [-0.25, -0.2) is 0 Å². The van der Waals surface area contributed by atoms with Gasteiger partial charge in [-0.3, -0.25) is 0 Å². The Morgan fingerprint density at radius 1 is 1.16 bits per heavy atom. The minimum Gasteiger partial charge on any atom is -0.380 e. The minimum atomic E-state index is 0.774. The van der Waals surface area contributed by atoms with E-state index in [2.05, 4.69) is 57.6 Å². The number of benzene rings is 2. The fraction of sp³-hybridized carbons (Fsp3) is 0.0667. The maximum atomic E-state index is 5.96. The van der Waals surface area contributed by atoms with Crippen LogP contribution in [0.25, 0.3) is 10.1 Å². The second kappa shape index (κ2) is 5.69. The zero-order valence-electron chi connectivity index (χ0n) is 9.99. The Morgan fingerprint density at radius 2 is 2.00 bits per heavy atom. The van der Waals surface area contributed by atoms with E-state index >= 15 is 0 Å². The van der Waals surface area contributed by atoms with Crippen molar-refractivity contribution in [2.45, 2.75) is 6.54 Å². The molecule has 96 valence electrons. The fourth-order valence-corrected chi connectivity index (χ4v) is 4.02. The van der Waals surface area contributed by atoms with Gasteiger partial charge in [-0.15, -0.1) is 11.3 Å². The van der Waals surface area contributed by atoms with Gasteiger partial charge in [0.05, 0.1) is 0 Å². The highest BCUT2D eigenvalue weighted by Gasteiger charge is 2.04. The van der Waals surface area contributed by atoms with Crippen LogP contribution in [-0.4, -0.2) is 0 Å². The molecule has 1 N–H and O–H groups in total. The Hall–Kier alpha value is -0.780. The van der Waals surface area contributed by atoms with Crippen LogP contribution in [0, 0.1) is 3.57 Å². The van der Waals surface area contributed by atoms with Gasteiger partial charge in [0.1, 0.15) is 0 Å². The highest BCUT2D eigenvalue weighted by atomic mass is 127. The summed E-state index contributed by atoms with van der Waals surface area (Å²) in [6.07, 6.45) is 0. The topological polar surface area (TPSA) is 12.0 Å². The van der Waals surface area contributed by atoms with E-state index in [-0.39, 0.29) is 0 Å². The summed E-state index contributed by atoms with van der Waals surface area (Å²) < 4.78 is 2.48. The SMILES string of the molecule is Clc1ccc(NCc2csc3ccccc23)c(I)c1. The van der Waals surface area contributed by atoms with Crippen molar-refractivity contribution in [1.82, 2.24) is 0 Å². The molecule has 3 aromatic rings. The summed E-state index contributed by atoms with van der Waals surface area (Å²) in [7, 11) is 0. The van der Waals surface area contributed by atoms with Gasteiger partial charge in [0, 0.05) is 25.5 Å². The molecule has 0 aliphatic rings. The smallest absolute Gasteiger partial charge is 0.0479 e. The molecule has 0 saturated heterocycles. The van der Waals surface area contributed by atoms with Crippen LogP contribution in [0.3, 0.4) is 0 Å². The zero-order valence-corrected chi connectivity index (χ0v) is 13.7. The van der Waals surface area contributed by atoms with E-state index < -0.39 is 0 Å². The molecule has 3 rings (SSSR count). The van der Waals surface area contributed by atoms with Crippen molar-refractivity contribution in [3.05, 3.63) is 62.0 Å². The number of nitrogens with one attached hydrogen (secondary N) is 1. The van der Waals surface area contributed by atoms with Crippen LogP contribution in [-0.2, 0) is 6.54 Å². The van der Waals surface area contributed by atoms with E-state index in [1.165, 1.54) is 15.6 Å². The predicted molar refractivity (Wildman–Crippen MR) is 93.3 cm³/mol. The van der Waals surface area contributed by atoms with Crippen molar-refractivity contribution < 1.29 is 0 Å². The third-order valence-electron chi connectivity index (χ3n) is 2.96.